The van der Waals surface area contributed by atoms with Crippen molar-refractivity contribution in [3.63, 3.8) is 0 Å². The Morgan fingerprint density at radius 1 is 0.812 bits per heavy atom. The normalized spacial score (nSPS) is 21.2. The first-order valence-electron chi connectivity index (χ1n) is 17.9. The van der Waals surface area contributed by atoms with Crippen LogP contribution in [0.15, 0.2) is 103 Å². The summed E-state index contributed by atoms with van der Waals surface area (Å²) >= 11 is 1.98. The largest absolute Gasteiger partial charge is 0.290 e. The number of rotatable bonds is 6. The summed E-state index contributed by atoms with van der Waals surface area (Å²) in [5.74, 6) is 1.36. The number of nitrogens with zero attached hydrogens (tertiary/aromatic N) is 3. The monoisotopic (exact) mass is 647 g/mol. The summed E-state index contributed by atoms with van der Waals surface area (Å²) in [6, 6.07) is 37.6. The molecule has 2 aliphatic heterocycles. The molecule has 0 aliphatic carbocycles. The van der Waals surface area contributed by atoms with E-state index in [1.165, 1.54) is 70.5 Å². The highest BCUT2D eigenvalue weighted by Crippen LogP contribution is 2.58. The second kappa shape index (κ2) is 10.6. The van der Waals surface area contributed by atoms with Gasteiger partial charge < -0.3 is 0 Å². The number of thiophene rings is 1. The summed E-state index contributed by atoms with van der Waals surface area (Å²) in [6.45, 7) is 14.4. The minimum Gasteiger partial charge on any atom is -0.221 e. The van der Waals surface area contributed by atoms with Crippen LogP contribution in [0.2, 0.25) is 0 Å². The van der Waals surface area contributed by atoms with E-state index in [9.17, 15) is 0 Å². The number of fused-ring (bicyclic) bond motifs is 12. The fourth-order valence-electron chi connectivity index (χ4n) is 10.0. The highest BCUT2D eigenvalue weighted by Gasteiger charge is 2.59. The van der Waals surface area contributed by atoms with Gasteiger partial charge in [-0.1, -0.05) is 74.5 Å². The Morgan fingerprint density at radius 2 is 1.58 bits per heavy atom. The molecule has 48 heavy (non-hydrogen) atoms. The van der Waals surface area contributed by atoms with Crippen molar-refractivity contribution in [3.05, 3.63) is 120 Å². The third-order valence-corrected chi connectivity index (χ3v) is 13.8. The first kappa shape index (κ1) is 29.8. The van der Waals surface area contributed by atoms with Gasteiger partial charge in [0.25, 0.3) is 5.82 Å². The van der Waals surface area contributed by atoms with Crippen molar-refractivity contribution >= 4 is 42.5 Å². The highest BCUT2D eigenvalue weighted by molar-refractivity contribution is 7.26. The van der Waals surface area contributed by atoms with Crippen LogP contribution in [0.25, 0.3) is 53.9 Å². The molecule has 0 amide bonds. The van der Waals surface area contributed by atoms with Gasteiger partial charge in [-0.25, -0.2) is 9.13 Å². The van der Waals surface area contributed by atoms with Crippen LogP contribution in [0.5, 0.6) is 0 Å². The molecule has 0 bridgehead atoms. The van der Waals surface area contributed by atoms with Gasteiger partial charge in [0.1, 0.15) is 5.54 Å². The Morgan fingerprint density at radius 3 is 2.40 bits per heavy atom. The molecule has 3 aromatic heterocycles. The topological polar surface area (TPSA) is 12.7 Å². The number of hydrogen-bond acceptors (Lipinski definition) is 1. The average molecular weight is 648 g/mol. The molecule has 0 saturated carbocycles. The van der Waals surface area contributed by atoms with Gasteiger partial charge in [-0.15, -0.1) is 11.3 Å². The molecule has 0 saturated heterocycles. The molecule has 5 heterocycles. The van der Waals surface area contributed by atoms with Crippen molar-refractivity contribution in [1.82, 2.24) is 4.57 Å². The molecular formula is C44H45N3S+2. The number of para-hydroxylation sites is 2. The predicted octanol–water partition coefficient (Wildman–Crippen LogP) is 11.0. The Bertz CT molecular complexity index is 2410. The molecule has 0 radical (unpaired) electrons. The number of hydrogen-bond donors (Lipinski definition) is 0. The quantitative estimate of drug-likeness (QED) is 0.159. The zero-order valence-electron chi connectivity index (χ0n) is 29.0. The molecule has 4 heteroatoms. The third-order valence-electron chi connectivity index (χ3n) is 12.4. The summed E-state index contributed by atoms with van der Waals surface area (Å²) in [5, 5.41) is 2.78. The maximum Gasteiger partial charge on any atom is 0.290 e. The molecule has 3 nitrogen and oxygen atoms in total. The SMILES string of the molecule is CCC1(CCC2c3ccc4c(sc5c(C)cccc54)c3-c3cccc[n+]32)c2ccccc2-c2n(c3ccccc3[n+]2C(C)C)C1(C)CC. The van der Waals surface area contributed by atoms with E-state index in [4.69, 9.17) is 0 Å². The van der Waals surface area contributed by atoms with Crippen LogP contribution >= 0.6 is 11.3 Å². The van der Waals surface area contributed by atoms with Crippen LogP contribution in [0.1, 0.15) is 89.1 Å². The zero-order chi connectivity index (χ0) is 32.9. The van der Waals surface area contributed by atoms with E-state index < -0.39 is 0 Å². The van der Waals surface area contributed by atoms with Gasteiger partial charge in [0.15, 0.2) is 23.3 Å². The summed E-state index contributed by atoms with van der Waals surface area (Å²) in [5.41, 5.74) is 11.1. The summed E-state index contributed by atoms with van der Waals surface area (Å²) < 4.78 is 10.8. The highest BCUT2D eigenvalue weighted by atomic mass is 32.1. The smallest absolute Gasteiger partial charge is 0.221 e. The van der Waals surface area contributed by atoms with Crippen LogP contribution in [0, 0.1) is 6.92 Å². The Hall–Kier alpha value is -4.28. The molecular weight excluding hydrogens is 603 g/mol. The lowest BCUT2D eigenvalue weighted by Crippen LogP contribution is -2.55. The first-order valence-corrected chi connectivity index (χ1v) is 18.8. The van der Waals surface area contributed by atoms with Gasteiger partial charge >= 0.3 is 0 Å². The van der Waals surface area contributed by atoms with Gasteiger partial charge in [0.05, 0.1) is 17.2 Å². The minimum absolute atomic E-state index is 0.0426. The maximum atomic E-state index is 2.76. The fourth-order valence-corrected chi connectivity index (χ4v) is 11.4. The van der Waals surface area contributed by atoms with Crippen LogP contribution in [0.4, 0.5) is 0 Å². The maximum absolute atomic E-state index is 2.76. The fraction of sp³-hybridized carbons (Fsp3) is 0.318. The van der Waals surface area contributed by atoms with Gasteiger partial charge in [-0.2, -0.15) is 4.57 Å². The zero-order valence-corrected chi connectivity index (χ0v) is 29.9. The summed E-state index contributed by atoms with van der Waals surface area (Å²) in [7, 11) is 0. The van der Waals surface area contributed by atoms with E-state index in [1.54, 1.807) is 0 Å². The molecule has 0 fully saturated rings. The van der Waals surface area contributed by atoms with E-state index in [0.29, 0.717) is 12.1 Å². The number of aryl methyl sites for hydroxylation is 1. The second-order valence-corrected chi connectivity index (χ2v) is 15.7. The number of imidazole rings is 1. The van der Waals surface area contributed by atoms with E-state index in [2.05, 4.69) is 159 Å². The molecule has 0 N–H and O–H groups in total. The van der Waals surface area contributed by atoms with E-state index in [0.717, 1.165) is 25.7 Å². The van der Waals surface area contributed by atoms with Crippen LogP contribution in [-0.2, 0) is 11.0 Å². The summed E-state index contributed by atoms with van der Waals surface area (Å²) in [6.07, 6.45) is 6.67. The van der Waals surface area contributed by atoms with Crippen molar-refractivity contribution in [2.75, 3.05) is 0 Å². The lowest BCUT2D eigenvalue weighted by atomic mass is 9.57. The number of benzene rings is 4. The molecule has 4 aromatic carbocycles. The van der Waals surface area contributed by atoms with Crippen LogP contribution < -0.4 is 9.13 Å². The molecule has 0 spiro atoms. The van der Waals surface area contributed by atoms with Gasteiger partial charge in [0, 0.05) is 49.7 Å². The minimum atomic E-state index is -0.107. The van der Waals surface area contributed by atoms with Crippen LogP contribution in [-0.4, -0.2) is 4.57 Å². The van der Waals surface area contributed by atoms with Crippen molar-refractivity contribution in [3.8, 4) is 22.6 Å². The van der Waals surface area contributed by atoms with Crippen molar-refractivity contribution in [1.29, 1.82) is 0 Å². The lowest BCUT2D eigenvalue weighted by molar-refractivity contribution is -0.698. The van der Waals surface area contributed by atoms with E-state index in [-0.39, 0.29) is 11.0 Å². The van der Waals surface area contributed by atoms with E-state index in [1.807, 2.05) is 11.3 Å². The Balaban J connectivity index is 1.24. The first-order chi connectivity index (χ1) is 23.3. The molecule has 3 atom stereocenters. The van der Waals surface area contributed by atoms with Gasteiger partial charge in [0.2, 0.25) is 5.69 Å². The molecule has 2 aliphatic rings. The number of aromatic nitrogens is 3. The molecule has 7 aromatic rings. The standard InChI is InChI=1S/C44H45N3S/c1-7-43(6)44(8-2,34-19-10-9-17-32(34)42-46(28(3)4)36-20-11-12-21-37(36)47(42)43)26-25-35-33-24-23-31-30-18-15-16-29(5)40(30)48-41(31)39(33)38-22-13-14-27-45(35)38/h9-24,27-28,35H,7-8,25-26H2,1-6H3/q+2. The Labute approximate surface area is 288 Å². The molecule has 3 unspecified atom stereocenters. The summed E-state index contributed by atoms with van der Waals surface area (Å²) in [4.78, 5) is 0. The van der Waals surface area contributed by atoms with E-state index >= 15 is 0 Å². The predicted molar refractivity (Wildman–Crippen MR) is 201 cm³/mol. The Kier molecular flexibility index (Phi) is 6.59. The third kappa shape index (κ3) is 3.70. The van der Waals surface area contributed by atoms with Crippen molar-refractivity contribution in [2.45, 2.75) is 90.3 Å². The second-order valence-electron chi connectivity index (χ2n) is 14.7. The molecule has 9 rings (SSSR count). The van der Waals surface area contributed by atoms with Crippen molar-refractivity contribution in [2.24, 2.45) is 0 Å². The molecule has 240 valence electrons. The van der Waals surface area contributed by atoms with Crippen molar-refractivity contribution < 1.29 is 9.13 Å². The van der Waals surface area contributed by atoms with Gasteiger partial charge in [-0.05, 0) is 82.3 Å². The van der Waals surface area contributed by atoms with Gasteiger partial charge in [-0.3, -0.25) is 0 Å². The number of pyridine rings is 1. The average Bonchev–Trinajstić information content (AvgIpc) is 3.77. The lowest BCUT2D eigenvalue weighted by Gasteiger charge is -2.50. The van der Waals surface area contributed by atoms with Crippen LogP contribution in [0.3, 0.4) is 0 Å².